The molecule has 1 fully saturated rings. The second kappa shape index (κ2) is 9.00. The molecule has 0 saturated carbocycles. The molecule has 0 radical (unpaired) electrons. The van der Waals surface area contributed by atoms with Crippen LogP contribution < -0.4 is 0 Å². The van der Waals surface area contributed by atoms with Crippen molar-refractivity contribution in [3.05, 3.63) is 9.06 Å². The first-order valence-electron chi connectivity index (χ1n) is 11.3. The SMILES string of the molecule is COC/C(B1OC(C)(C)C(C)(C)O1)=[C](\COC)[Sn]([C](C)(C)C)([C](C)(C)C)[C](C)(C)C. The Bertz CT molecular complexity index is 581. The van der Waals surface area contributed by atoms with Crippen LogP contribution >= 0.6 is 0 Å². The van der Waals surface area contributed by atoms with Crippen LogP contribution in [0.3, 0.4) is 0 Å². The van der Waals surface area contributed by atoms with Crippen LogP contribution in [0.25, 0.3) is 0 Å². The number of hydrogen-bond acceptors (Lipinski definition) is 4. The Kier molecular flexibility index (Phi) is 8.54. The van der Waals surface area contributed by atoms with Crippen LogP contribution in [0.2, 0.25) is 10.3 Å². The Balaban J connectivity index is 4.03. The summed E-state index contributed by atoms with van der Waals surface area (Å²) >= 11 is -3.36. The van der Waals surface area contributed by atoms with Gasteiger partial charge in [0.25, 0.3) is 0 Å². The molecular weight excluding hydrogens is 482 g/mol. The Morgan fingerprint density at radius 2 is 1.03 bits per heavy atom. The van der Waals surface area contributed by atoms with Gasteiger partial charge in [0, 0.05) is 0 Å². The monoisotopic (exact) mass is 532 g/mol. The van der Waals surface area contributed by atoms with E-state index in [0.717, 1.165) is 5.47 Å². The van der Waals surface area contributed by atoms with Crippen molar-refractivity contribution in [3.8, 4) is 0 Å². The molecule has 0 aromatic rings. The van der Waals surface area contributed by atoms with Crippen molar-refractivity contribution in [3.63, 3.8) is 0 Å². The van der Waals surface area contributed by atoms with Gasteiger partial charge in [-0.05, 0) is 0 Å². The molecular formula is C24H49BO4Sn. The van der Waals surface area contributed by atoms with E-state index in [9.17, 15) is 0 Å². The predicted molar refractivity (Wildman–Crippen MR) is 132 cm³/mol. The molecule has 1 heterocycles. The third kappa shape index (κ3) is 4.85. The standard InChI is InChI=1S/C12H22BO4.3C4H9.Sn/c1-11(2)12(3,4)17-13(16-11)10(9-15-6)7-8-14-5;3*1-4(2)3;/h8-9H2,1-6H3;3*1-3H3;. The third-order valence-electron chi connectivity index (χ3n) is 7.34. The van der Waals surface area contributed by atoms with Gasteiger partial charge in [-0.3, -0.25) is 0 Å². The minimum atomic E-state index is -3.36. The maximum atomic E-state index is 6.56. The van der Waals surface area contributed by atoms with Gasteiger partial charge >= 0.3 is 192 Å². The minimum absolute atomic E-state index is 0.154. The van der Waals surface area contributed by atoms with E-state index >= 15 is 0 Å². The number of ether oxygens (including phenoxy) is 2. The van der Waals surface area contributed by atoms with Crippen LogP contribution in [0.5, 0.6) is 0 Å². The van der Waals surface area contributed by atoms with E-state index in [1.165, 1.54) is 3.59 Å². The summed E-state index contributed by atoms with van der Waals surface area (Å²) in [5.41, 5.74) is 0.366. The Morgan fingerprint density at radius 1 is 0.700 bits per heavy atom. The van der Waals surface area contributed by atoms with Crippen LogP contribution in [0.15, 0.2) is 9.06 Å². The van der Waals surface area contributed by atoms with Gasteiger partial charge < -0.3 is 0 Å². The fourth-order valence-corrected chi connectivity index (χ4v) is 36.7. The predicted octanol–water partition coefficient (Wildman–Crippen LogP) is 6.60. The topological polar surface area (TPSA) is 36.9 Å². The van der Waals surface area contributed by atoms with E-state index in [2.05, 4.69) is 90.0 Å². The molecule has 0 aromatic carbocycles. The third-order valence-corrected chi connectivity index (χ3v) is 30.5. The summed E-state index contributed by atoms with van der Waals surface area (Å²) in [6.45, 7) is 31.5. The van der Waals surface area contributed by atoms with E-state index in [1.807, 2.05) is 0 Å². The van der Waals surface area contributed by atoms with Gasteiger partial charge in [0.05, 0.1) is 0 Å². The molecule has 0 aromatic heterocycles. The first-order chi connectivity index (χ1) is 13.2. The molecule has 30 heavy (non-hydrogen) atoms. The van der Waals surface area contributed by atoms with Crippen LogP contribution in [0, 0.1) is 0 Å². The fourth-order valence-electron chi connectivity index (χ4n) is 6.76. The summed E-state index contributed by atoms with van der Waals surface area (Å²) in [5.74, 6) is 0. The van der Waals surface area contributed by atoms with Crippen LogP contribution in [-0.2, 0) is 18.8 Å². The zero-order valence-electron chi connectivity index (χ0n) is 22.6. The van der Waals surface area contributed by atoms with Crippen molar-refractivity contribution in [2.24, 2.45) is 0 Å². The Morgan fingerprint density at radius 3 is 1.30 bits per heavy atom. The molecule has 0 amide bonds. The van der Waals surface area contributed by atoms with Gasteiger partial charge in [0.2, 0.25) is 0 Å². The van der Waals surface area contributed by atoms with Gasteiger partial charge in [-0.25, -0.2) is 0 Å². The van der Waals surface area contributed by atoms with Crippen molar-refractivity contribution in [1.29, 1.82) is 0 Å². The average molecular weight is 531 g/mol. The van der Waals surface area contributed by atoms with Crippen LogP contribution in [0.4, 0.5) is 0 Å². The molecule has 0 unspecified atom stereocenters. The zero-order chi connectivity index (χ0) is 24.0. The average Bonchev–Trinajstić information content (AvgIpc) is 2.68. The molecule has 1 saturated heterocycles. The van der Waals surface area contributed by atoms with Crippen LogP contribution in [0.1, 0.15) is 90.0 Å². The summed E-state index contributed by atoms with van der Waals surface area (Å²) in [6, 6.07) is 0. The van der Waals surface area contributed by atoms with E-state index in [-0.39, 0.29) is 10.3 Å². The van der Waals surface area contributed by atoms with Gasteiger partial charge in [-0.2, -0.15) is 0 Å². The van der Waals surface area contributed by atoms with Gasteiger partial charge in [0.1, 0.15) is 0 Å². The summed E-state index contributed by atoms with van der Waals surface area (Å²) in [4.78, 5) is 0. The zero-order valence-corrected chi connectivity index (χ0v) is 25.5. The normalized spacial score (nSPS) is 21.1. The summed E-state index contributed by atoms with van der Waals surface area (Å²) in [6.07, 6.45) is 0. The van der Waals surface area contributed by atoms with Crippen molar-refractivity contribution in [2.75, 3.05) is 27.4 Å². The molecule has 1 aliphatic heterocycles. The molecule has 0 atom stereocenters. The Hall–Kier alpha value is 0.444. The van der Waals surface area contributed by atoms with Crippen molar-refractivity contribution < 1.29 is 18.8 Å². The van der Waals surface area contributed by atoms with Crippen LogP contribution in [-0.4, -0.2) is 64.1 Å². The van der Waals surface area contributed by atoms with Crippen molar-refractivity contribution in [2.45, 2.75) is 112 Å². The van der Waals surface area contributed by atoms with E-state index in [1.54, 1.807) is 14.2 Å². The number of rotatable bonds is 6. The fraction of sp³-hybridized carbons (Fsp3) is 0.917. The second-order valence-electron chi connectivity index (χ2n) is 13.0. The summed E-state index contributed by atoms with van der Waals surface area (Å²) in [7, 11) is 3.15. The molecule has 0 spiro atoms. The molecule has 0 N–H and O–H groups in total. The first kappa shape index (κ1) is 28.5. The van der Waals surface area contributed by atoms with E-state index in [4.69, 9.17) is 18.8 Å². The molecule has 6 heteroatoms. The van der Waals surface area contributed by atoms with Gasteiger partial charge in [0.15, 0.2) is 0 Å². The maximum absolute atomic E-state index is 6.56. The molecule has 4 nitrogen and oxygen atoms in total. The first-order valence-corrected chi connectivity index (χ1v) is 17.0. The molecule has 1 aliphatic rings. The molecule has 176 valence electrons. The number of methoxy groups -OCH3 is 2. The van der Waals surface area contributed by atoms with Gasteiger partial charge in [-0.1, -0.05) is 0 Å². The number of hydrogen-bond donors (Lipinski definition) is 0. The van der Waals surface area contributed by atoms with Crippen molar-refractivity contribution in [1.82, 2.24) is 0 Å². The molecule has 0 aliphatic carbocycles. The molecule has 0 bridgehead atoms. The molecule has 1 rings (SSSR count). The summed E-state index contributed by atoms with van der Waals surface area (Å²) < 4.78 is 26.7. The van der Waals surface area contributed by atoms with Crippen molar-refractivity contribution >= 4 is 25.5 Å². The second-order valence-corrected chi connectivity index (χ2v) is 31.8. The summed E-state index contributed by atoms with van der Waals surface area (Å²) in [5, 5.41) is 0. The van der Waals surface area contributed by atoms with E-state index < -0.39 is 36.7 Å². The Labute approximate surface area is 191 Å². The quantitative estimate of drug-likeness (QED) is 0.363. The van der Waals surface area contributed by atoms with Gasteiger partial charge in [-0.15, -0.1) is 0 Å². The van der Waals surface area contributed by atoms with E-state index in [0.29, 0.717) is 13.2 Å².